The summed E-state index contributed by atoms with van der Waals surface area (Å²) in [7, 11) is 0. The third-order valence-electron chi connectivity index (χ3n) is 5.58. The molecule has 0 spiro atoms. The van der Waals surface area contributed by atoms with Gasteiger partial charge in [0.15, 0.2) is 11.6 Å². The first kappa shape index (κ1) is 19.1. The van der Waals surface area contributed by atoms with Crippen molar-refractivity contribution >= 4 is 28.5 Å². The number of aromatic nitrogens is 1. The van der Waals surface area contributed by atoms with Crippen LogP contribution in [-0.2, 0) is 6.54 Å². The third-order valence-corrected chi connectivity index (χ3v) is 5.58. The fraction of sp³-hybridized carbons (Fsp3) is 0.111. The second kappa shape index (κ2) is 8.07. The number of fused-ring (bicyclic) bond motifs is 2. The number of aryl methyl sites for hydroxylation is 1. The second-order valence-electron chi connectivity index (χ2n) is 7.57. The van der Waals surface area contributed by atoms with E-state index in [1.54, 1.807) is 30.3 Å². The normalized spacial score (nSPS) is 13.0. The summed E-state index contributed by atoms with van der Waals surface area (Å²) in [5.74, 6) is 0.463. The van der Waals surface area contributed by atoms with Crippen LogP contribution in [0, 0.1) is 0 Å². The highest BCUT2D eigenvalue weighted by molar-refractivity contribution is 6.41. The Hall–Kier alpha value is -3.92. The molecule has 0 amide bonds. The molecule has 1 heterocycles. The maximum atomic E-state index is 12.8. The van der Waals surface area contributed by atoms with Gasteiger partial charge in [-0.2, -0.15) is 0 Å². The summed E-state index contributed by atoms with van der Waals surface area (Å²) in [4.78, 5) is 25.6. The van der Waals surface area contributed by atoms with Crippen molar-refractivity contribution in [2.45, 2.75) is 13.0 Å². The number of Topliss-reactive ketones (excluding diaryl/α,β-unsaturated/α-hetero) is 2. The Balaban J connectivity index is 1.40. The molecule has 0 fully saturated rings. The van der Waals surface area contributed by atoms with Gasteiger partial charge in [-0.15, -0.1) is 0 Å². The van der Waals surface area contributed by atoms with Gasteiger partial charge in [-0.1, -0.05) is 60.7 Å². The van der Waals surface area contributed by atoms with Crippen LogP contribution in [0.3, 0.4) is 0 Å². The molecule has 0 saturated heterocycles. The van der Waals surface area contributed by atoms with Gasteiger partial charge in [-0.05, 0) is 30.7 Å². The van der Waals surface area contributed by atoms with E-state index in [9.17, 15) is 9.59 Å². The lowest BCUT2D eigenvalue weighted by molar-refractivity contribution is 0.0990. The van der Waals surface area contributed by atoms with Gasteiger partial charge in [-0.25, -0.2) is 0 Å². The number of allylic oxidation sites excluding steroid dienone is 1. The van der Waals surface area contributed by atoms with Gasteiger partial charge in [-0.3, -0.25) is 9.59 Å². The highest BCUT2D eigenvalue weighted by Crippen LogP contribution is 2.30. The molecule has 0 atom stereocenters. The minimum Gasteiger partial charge on any atom is -0.494 e. The van der Waals surface area contributed by atoms with Crippen LogP contribution in [0.25, 0.3) is 17.0 Å². The summed E-state index contributed by atoms with van der Waals surface area (Å²) in [6, 6.07) is 24.8. The van der Waals surface area contributed by atoms with Crippen molar-refractivity contribution in [3.05, 3.63) is 107 Å². The molecule has 0 bridgehead atoms. The molecular formula is C27H21NO3. The molecule has 4 heteroatoms. The topological polar surface area (TPSA) is 48.3 Å². The number of rotatable bonds is 6. The Bertz CT molecular complexity index is 1280. The number of benzene rings is 3. The molecule has 0 N–H and O–H groups in total. The molecule has 152 valence electrons. The van der Waals surface area contributed by atoms with Crippen molar-refractivity contribution in [3.8, 4) is 5.75 Å². The zero-order chi connectivity index (χ0) is 21.2. The SMILES string of the molecule is O=C1C(=Cc2cn(CCCOc3ccccc3)c3ccccc23)C(=O)c2ccccc21. The van der Waals surface area contributed by atoms with E-state index in [0.29, 0.717) is 17.7 Å². The molecule has 3 aromatic carbocycles. The van der Waals surface area contributed by atoms with Crippen molar-refractivity contribution in [2.24, 2.45) is 0 Å². The predicted octanol–water partition coefficient (Wildman–Crippen LogP) is 5.57. The van der Waals surface area contributed by atoms with Crippen LogP contribution in [0.2, 0.25) is 0 Å². The molecule has 31 heavy (non-hydrogen) atoms. The van der Waals surface area contributed by atoms with Crippen LogP contribution in [0.1, 0.15) is 32.7 Å². The number of ketones is 2. The second-order valence-corrected chi connectivity index (χ2v) is 7.57. The van der Waals surface area contributed by atoms with Gasteiger partial charge in [0.05, 0.1) is 12.2 Å². The number of carbonyl (C=O) groups excluding carboxylic acids is 2. The maximum absolute atomic E-state index is 12.8. The van der Waals surface area contributed by atoms with Gasteiger partial charge in [0.2, 0.25) is 0 Å². The van der Waals surface area contributed by atoms with Crippen LogP contribution in [0.4, 0.5) is 0 Å². The molecule has 4 nitrogen and oxygen atoms in total. The Kier molecular flexibility index (Phi) is 4.97. The van der Waals surface area contributed by atoms with Crippen LogP contribution in [-0.4, -0.2) is 22.7 Å². The summed E-state index contributed by atoms with van der Waals surface area (Å²) >= 11 is 0. The first-order chi connectivity index (χ1) is 15.2. The largest absolute Gasteiger partial charge is 0.494 e. The Morgan fingerprint density at radius 3 is 2.16 bits per heavy atom. The summed E-state index contributed by atoms with van der Waals surface area (Å²) in [5.41, 5.74) is 3.16. The number of hydrogen-bond acceptors (Lipinski definition) is 3. The highest BCUT2D eigenvalue weighted by atomic mass is 16.5. The molecule has 0 aliphatic heterocycles. The monoisotopic (exact) mass is 407 g/mol. The molecule has 0 radical (unpaired) electrons. The number of carbonyl (C=O) groups is 2. The van der Waals surface area contributed by atoms with E-state index in [-0.39, 0.29) is 17.1 Å². The van der Waals surface area contributed by atoms with Crippen molar-refractivity contribution in [1.29, 1.82) is 0 Å². The van der Waals surface area contributed by atoms with E-state index in [4.69, 9.17) is 4.74 Å². The standard InChI is InChI=1S/C27H21NO3/c29-26-22-12-4-5-13-23(22)27(30)24(26)17-19-18-28(25-14-7-6-11-21(19)25)15-8-16-31-20-9-2-1-3-10-20/h1-7,9-14,17-18H,8,15-16H2. The number of nitrogens with zero attached hydrogens (tertiary/aromatic N) is 1. The first-order valence-corrected chi connectivity index (χ1v) is 10.4. The van der Waals surface area contributed by atoms with Crippen molar-refractivity contribution in [1.82, 2.24) is 4.57 Å². The third kappa shape index (κ3) is 3.57. The molecule has 5 rings (SSSR count). The predicted molar refractivity (Wildman–Crippen MR) is 122 cm³/mol. The number of hydrogen-bond donors (Lipinski definition) is 0. The minimum atomic E-state index is -0.200. The van der Waals surface area contributed by atoms with Gasteiger partial charge < -0.3 is 9.30 Å². The Morgan fingerprint density at radius 2 is 1.42 bits per heavy atom. The van der Waals surface area contributed by atoms with E-state index in [1.807, 2.05) is 54.7 Å². The number of para-hydroxylation sites is 2. The Labute approximate surface area is 180 Å². The molecule has 1 aromatic heterocycles. The fourth-order valence-electron chi connectivity index (χ4n) is 4.08. The first-order valence-electron chi connectivity index (χ1n) is 10.4. The summed E-state index contributed by atoms with van der Waals surface area (Å²) in [6.45, 7) is 1.39. The minimum absolute atomic E-state index is 0.200. The van der Waals surface area contributed by atoms with Crippen molar-refractivity contribution < 1.29 is 14.3 Å². The van der Waals surface area contributed by atoms with E-state index in [1.165, 1.54) is 0 Å². The lowest BCUT2D eigenvalue weighted by Gasteiger charge is -2.07. The quantitative estimate of drug-likeness (QED) is 0.238. The van der Waals surface area contributed by atoms with Crippen LogP contribution >= 0.6 is 0 Å². The molecule has 0 saturated carbocycles. The molecule has 0 unspecified atom stereocenters. The average Bonchev–Trinajstić information content (AvgIpc) is 3.28. The van der Waals surface area contributed by atoms with Crippen molar-refractivity contribution in [3.63, 3.8) is 0 Å². The molecule has 1 aliphatic rings. The van der Waals surface area contributed by atoms with Crippen LogP contribution in [0.15, 0.2) is 90.6 Å². The van der Waals surface area contributed by atoms with Gasteiger partial charge in [0.25, 0.3) is 0 Å². The molecular weight excluding hydrogens is 386 g/mol. The van der Waals surface area contributed by atoms with E-state index >= 15 is 0 Å². The van der Waals surface area contributed by atoms with Crippen LogP contribution < -0.4 is 4.74 Å². The highest BCUT2D eigenvalue weighted by Gasteiger charge is 2.32. The zero-order valence-electron chi connectivity index (χ0n) is 17.0. The van der Waals surface area contributed by atoms with Gasteiger partial charge in [0.1, 0.15) is 5.75 Å². The van der Waals surface area contributed by atoms with Gasteiger partial charge >= 0.3 is 0 Å². The summed E-state index contributed by atoms with van der Waals surface area (Å²) < 4.78 is 7.96. The van der Waals surface area contributed by atoms with E-state index in [2.05, 4.69) is 10.6 Å². The van der Waals surface area contributed by atoms with E-state index < -0.39 is 0 Å². The smallest absolute Gasteiger partial charge is 0.197 e. The van der Waals surface area contributed by atoms with Crippen molar-refractivity contribution in [2.75, 3.05) is 6.61 Å². The summed E-state index contributed by atoms with van der Waals surface area (Å²) in [6.07, 6.45) is 4.60. The average molecular weight is 407 g/mol. The summed E-state index contributed by atoms with van der Waals surface area (Å²) in [5, 5.41) is 1.02. The Morgan fingerprint density at radius 1 is 0.774 bits per heavy atom. The lowest BCUT2D eigenvalue weighted by atomic mass is 10.1. The van der Waals surface area contributed by atoms with Crippen LogP contribution in [0.5, 0.6) is 5.75 Å². The molecule has 1 aliphatic carbocycles. The maximum Gasteiger partial charge on any atom is 0.197 e. The molecule has 4 aromatic rings. The lowest BCUT2D eigenvalue weighted by Crippen LogP contribution is -2.03. The number of ether oxygens (including phenoxy) is 1. The van der Waals surface area contributed by atoms with E-state index in [0.717, 1.165) is 35.2 Å². The fourth-order valence-corrected chi connectivity index (χ4v) is 4.08. The zero-order valence-corrected chi connectivity index (χ0v) is 17.0. The van der Waals surface area contributed by atoms with Gasteiger partial charge in [0, 0.05) is 40.3 Å².